The summed E-state index contributed by atoms with van der Waals surface area (Å²) in [6.07, 6.45) is 9.30. The largest absolute Gasteiger partial charge is 0.302 e. The van der Waals surface area contributed by atoms with Gasteiger partial charge in [0.1, 0.15) is 0 Å². The van der Waals surface area contributed by atoms with Crippen molar-refractivity contribution in [3.63, 3.8) is 0 Å². The molecule has 0 N–H and O–H groups in total. The maximum Gasteiger partial charge on any atom is 0.0416 e. The third kappa shape index (κ3) is 4.85. The van der Waals surface area contributed by atoms with Crippen LogP contribution in [0.1, 0.15) is 24.1 Å². The van der Waals surface area contributed by atoms with Gasteiger partial charge >= 0.3 is 0 Å². The van der Waals surface area contributed by atoms with Crippen molar-refractivity contribution in [2.24, 2.45) is 0 Å². The Morgan fingerprint density at radius 3 is 2.96 bits per heavy atom. The van der Waals surface area contributed by atoms with Crippen LogP contribution in [0, 0.1) is 0 Å². The molecule has 0 aliphatic carbocycles. The fourth-order valence-electron chi connectivity index (χ4n) is 3.30. The van der Waals surface area contributed by atoms with Crippen molar-refractivity contribution < 1.29 is 0 Å². The van der Waals surface area contributed by atoms with Gasteiger partial charge in [-0.2, -0.15) is 0 Å². The SMILES string of the molecule is CN(CCc1ccccn1)[C@@H]1CCCN(Cc2cccnc2)C1. The summed E-state index contributed by atoms with van der Waals surface area (Å²) in [4.78, 5) is 13.7. The van der Waals surface area contributed by atoms with Crippen LogP contribution in [0.4, 0.5) is 0 Å². The average molecular weight is 310 g/mol. The van der Waals surface area contributed by atoms with Crippen molar-refractivity contribution in [3.05, 3.63) is 60.2 Å². The van der Waals surface area contributed by atoms with Crippen LogP contribution < -0.4 is 0 Å². The highest BCUT2D eigenvalue weighted by molar-refractivity contribution is 5.08. The Balaban J connectivity index is 1.49. The lowest BCUT2D eigenvalue weighted by molar-refractivity contribution is 0.112. The molecule has 2 aromatic heterocycles. The first-order valence-electron chi connectivity index (χ1n) is 8.52. The second-order valence-corrected chi connectivity index (χ2v) is 6.44. The third-order valence-electron chi connectivity index (χ3n) is 4.68. The van der Waals surface area contributed by atoms with E-state index >= 15 is 0 Å². The first kappa shape index (κ1) is 16.1. The van der Waals surface area contributed by atoms with E-state index in [0.717, 1.165) is 26.1 Å². The summed E-state index contributed by atoms with van der Waals surface area (Å²) < 4.78 is 0. The van der Waals surface area contributed by atoms with E-state index < -0.39 is 0 Å². The van der Waals surface area contributed by atoms with E-state index in [1.165, 1.54) is 30.6 Å². The summed E-state index contributed by atoms with van der Waals surface area (Å²) in [6.45, 7) is 4.42. The van der Waals surface area contributed by atoms with Crippen molar-refractivity contribution in [3.8, 4) is 0 Å². The molecule has 3 heterocycles. The molecule has 0 amide bonds. The molecular formula is C19H26N4. The van der Waals surface area contributed by atoms with Crippen LogP contribution in [-0.2, 0) is 13.0 Å². The molecule has 23 heavy (non-hydrogen) atoms. The van der Waals surface area contributed by atoms with Gasteiger partial charge in [0.15, 0.2) is 0 Å². The van der Waals surface area contributed by atoms with Gasteiger partial charge in [-0.15, -0.1) is 0 Å². The zero-order valence-electron chi connectivity index (χ0n) is 13.9. The molecule has 4 heteroatoms. The smallest absolute Gasteiger partial charge is 0.0416 e. The Morgan fingerprint density at radius 2 is 2.17 bits per heavy atom. The van der Waals surface area contributed by atoms with Crippen molar-refractivity contribution >= 4 is 0 Å². The van der Waals surface area contributed by atoms with Gasteiger partial charge in [-0.1, -0.05) is 12.1 Å². The van der Waals surface area contributed by atoms with Gasteiger partial charge in [0.05, 0.1) is 0 Å². The van der Waals surface area contributed by atoms with E-state index in [1.807, 2.05) is 30.7 Å². The molecule has 2 aromatic rings. The van der Waals surface area contributed by atoms with E-state index in [4.69, 9.17) is 0 Å². The van der Waals surface area contributed by atoms with Gasteiger partial charge in [-0.3, -0.25) is 14.9 Å². The zero-order valence-corrected chi connectivity index (χ0v) is 13.9. The maximum absolute atomic E-state index is 4.42. The average Bonchev–Trinajstić information content (AvgIpc) is 2.62. The van der Waals surface area contributed by atoms with Gasteiger partial charge in [0.2, 0.25) is 0 Å². The van der Waals surface area contributed by atoms with E-state index in [1.54, 1.807) is 0 Å². The lowest BCUT2D eigenvalue weighted by Gasteiger charge is -2.37. The van der Waals surface area contributed by atoms with Crippen LogP contribution in [0.2, 0.25) is 0 Å². The van der Waals surface area contributed by atoms with Crippen LogP contribution in [0.5, 0.6) is 0 Å². The van der Waals surface area contributed by atoms with Gasteiger partial charge in [0.25, 0.3) is 0 Å². The maximum atomic E-state index is 4.42. The predicted molar refractivity (Wildman–Crippen MR) is 93.1 cm³/mol. The molecule has 0 unspecified atom stereocenters. The van der Waals surface area contributed by atoms with E-state index in [2.05, 4.69) is 45.0 Å². The Morgan fingerprint density at radius 1 is 1.22 bits per heavy atom. The monoisotopic (exact) mass is 310 g/mol. The quantitative estimate of drug-likeness (QED) is 0.821. The van der Waals surface area contributed by atoms with Crippen LogP contribution in [0.25, 0.3) is 0 Å². The lowest BCUT2D eigenvalue weighted by atomic mass is 10.0. The fraction of sp³-hybridized carbons (Fsp3) is 0.474. The number of rotatable bonds is 6. The van der Waals surface area contributed by atoms with E-state index in [0.29, 0.717) is 6.04 Å². The Hall–Kier alpha value is -1.78. The zero-order chi connectivity index (χ0) is 15.9. The molecule has 0 aromatic carbocycles. The van der Waals surface area contributed by atoms with Crippen LogP contribution in [-0.4, -0.2) is 52.5 Å². The van der Waals surface area contributed by atoms with Crippen molar-refractivity contribution in [2.75, 3.05) is 26.7 Å². The number of hydrogen-bond donors (Lipinski definition) is 0. The molecule has 0 spiro atoms. The summed E-state index contributed by atoms with van der Waals surface area (Å²) >= 11 is 0. The lowest BCUT2D eigenvalue weighted by Crippen LogP contribution is -2.46. The number of likely N-dealkylation sites (N-methyl/N-ethyl adjacent to an activating group) is 1. The molecule has 0 saturated carbocycles. The Bertz CT molecular complexity index is 572. The number of aromatic nitrogens is 2. The molecule has 4 nitrogen and oxygen atoms in total. The van der Waals surface area contributed by atoms with E-state index in [-0.39, 0.29) is 0 Å². The van der Waals surface area contributed by atoms with Gasteiger partial charge in [-0.25, -0.2) is 0 Å². The van der Waals surface area contributed by atoms with Gasteiger partial charge in [-0.05, 0) is 50.2 Å². The van der Waals surface area contributed by atoms with Gasteiger partial charge in [0, 0.05) is 56.4 Å². The van der Waals surface area contributed by atoms with E-state index in [9.17, 15) is 0 Å². The van der Waals surface area contributed by atoms with Crippen molar-refractivity contribution in [1.82, 2.24) is 19.8 Å². The molecule has 1 aliphatic rings. The number of piperidine rings is 1. The summed E-state index contributed by atoms with van der Waals surface area (Å²) in [7, 11) is 2.25. The number of pyridine rings is 2. The first-order valence-corrected chi connectivity index (χ1v) is 8.52. The minimum Gasteiger partial charge on any atom is -0.302 e. The van der Waals surface area contributed by atoms with Crippen molar-refractivity contribution in [2.45, 2.75) is 31.8 Å². The topological polar surface area (TPSA) is 32.3 Å². The molecular weight excluding hydrogens is 284 g/mol. The normalized spacial score (nSPS) is 19.1. The fourth-order valence-corrected chi connectivity index (χ4v) is 3.30. The summed E-state index contributed by atoms with van der Waals surface area (Å²) in [5.41, 5.74) is 2.49. The third-order valence-corrected chi connectivity index (χ3v) is 4.68. The Labute approximate surface area is 139 Å². The summed E-state index contributed by atoms with van der Waals surface area (Å²) in [5, 5.41) is 0. The molecule has 0 radical (unpaired) electrons. The molecule has 122 valence electrons. The van der Waals surface area contributed by atoms with Gasteiger partial charge < -0.3 is 4.90 Å². The first-order chi connectivity index (χ1) is 11.3. The highest BCUT2D eigenvalue weighted by Crippen LogP contribution is 2.17. The summed E-state index contributed by atoms with van der Waals surface area (Å²) in [5.74, 6) is 0. The summed E-state index contributed by atoms with van der Waals surface area (Å²) in [6, 6.07) is 11.0. The van der Waals surface area contributed by atoms with Crippen LogP contribution in [0.3, 0.4) is 0 Å². The Kier molecular flexibility index (Phi) is 5.72. The van der Waals surface area contributed by atoms with Crippen LogP contribution >= 0.6 is 0 Å². The standard InChI is InChI=1S/C19H26N4/c1-22(13-9-18-7-2-3-11-21-18)19-8-5-12-23(16-19)15-17-6-4-10-20-14-17/h2-4,6-7,10-11,14,19H,5,8-9,12-13,15-16H2,1H3/t19-/m1/s1. The molecule has 1 aliphatic heterocycles. The number of nitrogens with zero attached hydrogens (tertiary/aromatic N) is 4. The minimum absolute atomic E-state index is 0.643. The minimum atomic E-state index is 0.643. The number of hydrogen-bond acceptors (Lipinski definition) is 4. The second kappa shape index (κ2) is 8.18. The van der Waals surface area contributed by atoms with Crippen molar-refractivity contribution in [1.29, 1.82) is 0 Å². The van der Waals surface area contributed by atoms with Crippen LogP contribution in [0.15, 0.2) is 48.9 Å². The highest BCUT2D eigenvalue weighted by atomic mass is 15.2. The molecule has 3 rings (SSSR count). The second-order valence-electron chi connectivity index (χ2n) is 6.44. The predicted octanol–water partition coefficient (Wildman–Crippen LogP) is 2.62. The molecule has 1 atom stereocenters. The molecule has 1 fully saturated rings. The molecule has 1 saturated heterocycles. The highest BCUT2D eigenvalue weighted by Gasteiger charge is 2.23. The molecule has 0 bridgehead atoms. The number of likely N-dealkylation sites (tertiary alicyclic amines) is 1.